The van der Waals surface area contributed by atoms with E-state index in [9.17, 15) is 9.90 Å². The van der Waals surface area contributed by atoms with Crippen LogP contribution in [-0.2, 0) is 4.79 Å². The molecule has 1 fully saturated rings. The standard InChI is InChI=1S/C13H19NO3/c1-3-10(11-5-4-8-17-11)14-7-6-9(2)12(14)13(15)16/h4-5,8-10,12H,3,6-7H2,1-2H3,(H,15,16). The molecule has 2 rings (SSSR count). The largest absolute Gasteiger partial charge is 0.480 e. The Hall–Kier alpha value is -1.29. The van der Waals surface area contributed by atoms with Crippen molar-refractivity contribution in [3.8, 4) is 0 Å². The third-order valence-corrected chi connectivity index (χ3v) is 3.65. The van der Waals surface area contributed by atoms with Gasteiger partial charge in [0.1, 0.15) is 11.8 Å². The van der Waals surface area contributed by atoms with Crippen LogP contribution in [0, 0.1) is 5.92 Å². The van der Waals surface area contributed by atoms with Crippen molar-refractivity contribution in [1.29, 1.82) is 0 Å². The van der Waals surface area contributed by atoms with Crippen LogP contribution in [0.4, 0.5) is 0 Å². The fraction of sp³-hybridized carbons (Fsp3) is 0.615. The highest BCUT2D eigenvalue weighted by atomic mass is 16.4. The molecule has 17 heavy (non-hydrogen) atoms. The quantitative estimate of drug-likeness (QED) is 0.874. The normalized spacial score (nSPS) is 27.2. The molecule has 3 unspecified atom stereocenters. The minimum Gasteiger partial charge on any atom is -0.480 e. The molecular formula is C13H19NO3. The number of hydrogen-bond donors (Lipinski definition) is 1. The maximum Gasteiger partial charge on any atom is 0.321 e. The van der Waals surface area contributed by atoms with Gasteiger partial charge in [0.05, 0.1) is 12.3 Å². The van der Waals surface area contributed by atoms with E-state index >= 15 is 0 Å². The first-order chi connectivity index (χ1) is 8.15. The average molecular weight is 237 g/mol. The van der Waals surface area contributed by atoms with E-state index in [4.69, 9.17) is 4.42 Å². The predicted octanol–water partition coefficient (Wildman–Crippen LogP) is 2.53. The molecule has 94 valence electrons. The molecule has 4 heteroatoms. The lowest BCUT2D eigenvalue weighted by Crippen LogP contribution is -2.41. The van der Waals surface area contributed by atoms with Crippen LogP contribution in [0.25, 0.3) is 0 Å². The highest BCUT2D eigenvalue weighted by Crippen LogP contribution is 2.34. The maximum absolute atomic E-state index is 11.3. The summed E-state index contributed by atoms with van der Waals surface area (Å²) in [6, 6.07) is 3.48. The summed E-state index contributed by atoms with van der Waals surface area (Å²) in [4.78, 5) is 13.4. The lowest BCUT2D eigenvalue weighted by atomic mass is 10.0. The second kappa shape index (κ2) is 4.92. The minimum atomic E-state index is -0.722. The summed E-state index contributed by atoms with van der Waals surface area (Å²) in [5.74, 6) is 0.351. The second-order valence-electron chi connectivity index (χ2n) is 4.73. The van der Waals surface area contributed by atoms with Crippen LogP contribution in [0.5, 0.6) is 0 Å². The lowest BCUT2D eigenvalue weighted by molar-refractivity contribution is -0.144. The summed E-state index contributed by atoms with van der Waals surface area (Å²) in [6.07, 6.45) is 3.45. The van der Waals surface area contributed by atoms with Gasteiger partial charge in [-0.1, -0.05) is 13.8 Å². The van der Waals surface area contributed by atoms with Gasteiger partial charge in [0.25, 0.3) is 0 Å². The number of furan rings is 1. The highest BCUT2D eigenvalue weighted by molar-refractivity contribution is 5.74. The molecule has 0 spiro atoms. The molecule has 4 nitrogen and oxygen atoms in total. The molecule has 0 aromatic carbocycles. The SMILES string of the molecule is CCC(c1ccco1)N1CCC(C)C1C(=O)O. The molecule has 1 N–H and O–H groups in total. The zero-order chi connectivity index (χ0) is 12.4. The van der Waals surface area contributed by atoms with E-state index in [0.717, 1.165) is 25.1 Å². The monoisotopic (exact) mass is 237 g/mol. The molecule has 2 heterocycles. The first-order valence-corrected chi connectivity index (χ1v) is 6.17. The molecule has 1 aliphatic rings. The van der Waals surface area contributed by atoms with E-state index in [-0.39, 0.29) is 18.0 Å². The summed E-state index contributed by atoms with van der Waals surface area (Å²) >= 11 is 0. The van der Waals surface area contributed by atoms with Crippen molar-refractivity contribution < 1.29 is 14.3 Å². The van der Waals surface area contributed by atoms with Crippen molar-refractivity contribution in [2.24, 2.45) is 5.92 Å². The Kier molecular flexibility index (Phi) is 3.52. The second-order valence-corrected chi connectivity index (χ2v) is 4.73. The molecule has 0 aliphatic carbocycles. The highest BCUT2D eigenvalue weighted by Gasteiger charge is 2.40. The smallest absolute Gasteiger partial charge is 0.321 e. The number of aliphatic carboxylic acids is 1. The molecule has 1 aliphatic heterocycles. The van der Waals surface area contributed by atoms with E-state index in [1.807, 2.05) is 19.1 Å². The Bertz CT molecular complexity index is 374. The summed E-state index contributed by atoms with van der Waals surface area (Å²) in [5.41, 5.74) is 0. The number of carboxylic acids is 1. The van der Waals surface area contributed by atoms with Crippen molar-refractivity contribution in [1.82, 2.24) is 4.90 Å². The lowest BCUT2D eigenvalue weighted by Gasteiger charge is -2.30. The molecule has 0 saturated carbocycles. The number of nitrogens with zero attached hydrogens (tertiary/aromatic N) is 1. The summed E-state index contributed by atoms with van der Waals surface area (Å²) in [5, 5.41) is 9.32. The van der Waals surface area contributed by atoms with Gasteiger partial charge in [-0.2, -0.15) is 0 Å². The van der Waals surface area contributed by atoms with Crippen molar-refractivity contribution in [2.75, 3.05) is 6.54 Å². The van der Waals surface area contributed by atoms with Crippen molar-refractivity contribution in [2.45, 2.75) is 38.8 Å². The van der Waals surface area contributed by atoms with Crippen molar-refractivity contribution in [3.05, 3.63) is 24.2 Å². The van der Waals surface area contributed by atoms with Crippen LogP contribution in [-0.4, -0.2) is 28.6 Å². The van der Waals surface area contributed by atoms with E-state index in [1.54, 1.807) is 6.26 Å². The van der Waals surface area contributed by atoms with Gasteiger partial charge in [0, 0.05) is 6.54 Å². The number of likely N-dealkylation sites (tertiary alicyclic amines) is 1. The Morgan fingerprint density at radius 3 is 3.00 bits per heavy atom. The third kappa shape index (κ3) is 2.22. The topological polar surface area (TPSA) is 53.7 Å². The molecule has 1 aromatic rings. The van der Waals surface area contributed by atoms with E-state index < -0.39 is 5.97 Å². The molecule has 1 aromatic heterocycles. The van der Waals surface area contributed by atoms with Gasteiger partial charge >= 0.3 is 5.97 Å². The van der Waals surface area contributed by atoms with Crippen LogP contribution in [0.2, 0.25) is 0 Å². The molecular weight excluding hydrogens is 218 g/mol. The summed E-state index contributed by atoms with van der Waals surface area (Å²) < 4.78 is 5.43. The Labute approximate surface area is 101 Å². The summed E-state index contributed by atoms with van der Waals surface area (Å²) in [6.45, 7) is 4.90. The van der Waals surface area contributed by atoms with Crippen molar-refractivity contribution in [3.63, 3.8) is 0 Å². The fourth-order valence-corrected chi connectivity index (χ4v) is 2.79. The number of rotatable bonds is 4. The van der Waals surface area contributed by atoms with Gasteiger partial charge in [-0.3, -0.25) is 9.69 Å². The molecule has 0 radical (unpaired) electrons. The molecule has 1 saturated heterocycles. The van der Waals surface area contributed by atoms with Gasteiger partial charge in [0.15, 0.2) is 0 Å². The predicted molar refractivity (Wildman–Crippen MR) is 63.7 cm³/mol. The number of carboxylic acid groups (broad SMARTS) is 1. The summed E-state index contributed by atoms with van der Waals surface area (Å²) in [7, 11) is 0. The zero-order valence-electron chi connectivity index (χ0n) is 10.3. The van der Waals surface area contributed by atoms with Crippen LogP contribution in [0.15, 0.2) is 22.8 Å². The molecule has 3 atom stereocenters. The zero-order valence-corrected chi connectivity index (χ0v) is 10.3. The van der Waals surface area contributed by atoms with Crippen LogP contribution in [0.3, 0.4) is 0 Å². The average Bonchev–Trinajstić information content (AvgIpc) is 2.90. The van der Waals surface area contributed by atoms with Crippen LogP contribution < -0.4 is 0 Å². The number of hydrogen-bond acceptors (Lipinski definition) is 3. The van der Waals surface area contributed by atoms with E-state index in [0.29, 0.717) is 0 Å². The Morgan fingerprint density at radius 1 is 1.71 bits per heavy atom. The maximum atomic E-state index is 11.3. The third-order valence-electron chi connectivity index (χ3n) is 3.65. The fourth-order valence-electron chi connectivity index (χ4n) is 2.79. The molecule has 0 bridgehead atoms. The number of carbonyl (C=O) groups is 1. The Morgan fingerprint density at radius 2 is 2.47 bits per heavy atom. The van der Waals surface area contributed by atoms with Gasteiger partial charge in [-0.25, -0.2) is 0 Å². The minimum absolute atomic E-state index is 0.0797. The van der Waals surface area contributed by atoms with Gasteiger partial charge in [-0.05, 0) is 30.9 Å². The van der Waals surface area contributed by atoms with E-state index in [1.165, 1.54) is 0 Å². The van der Waals surface area contributed by atoms with Gasteiger partial charge in [-0.15, -0.1) is 0 Å². The van der Waals surface area contributed by atoms with Gasteiger partial charge in [0.2, 0.25) is 0 Å². The first-order valence-electron chi connectivity index (χ1n) is 6.17. The van der Waals surface area contributed by atoms with Gasteiger partial charge < -0.3 is 9.52 Å². The first kappa shape index (κ1) is 12.2. The van der Waals surface area contributed by atoms with E-state index in [2.05, 4.69) is 11.8 Å². The molecule has 0 amide bonds. The van der Waals surface area contributed by atoms with Crippen LogP contribution >= 0.6 is 0 Å². The van der Waals surface area contributed by atoms with Crippen LogP contribution in [0.1, 0.15) is 38.5 Å². The van der Waals surface area contributed by atoms with Crippen molar-refractivity contribution >= 4 is 5.97 Å². The Balaban J connectivity index is 2.22.